The quantitative estimate of drug-likeness (QED) is 0.822. The number of anilines is 1. The van der Waals surface area contributed by atoms with Gasteiger partial charge in [0.15, 0.2) is 0 Å². The summed E-state index contributed by atoms with van der Waals surface area (Å²) in [5.74, 6) is 0.305. The lowest BCUT2D eigenvalue weighted by Gasteiger charge is -2.21. The molecule has 1 aromatic rings. The summed E-state index contributed by atoms with van der Waals surface area (Å²) >= 11 is 0. The average Bonchev–Trinajstić information content (AvgIpc) is 2.75. The maximum Gasteiger partial charge on any atom is 0.229 e. The van der Waals surface area contributed by atoms with Crippen molar-refractivity contribution >= 4 is 11.6 Å². The van der Waals surface area contributed by atoms with Crippen LogP contribution in [-0.4, -0.2) is 19.0 Å². The summed E-state index contributed by atoms with van der Waals surface area (Å²) in [5.41, 5.74) is 6.78. The van der Waals surface area contributed by atoms with E-state index in [9.17, 15) is 4.79 Å². The van der Waals surface area contributed by atoms with Gasteiger partial charge < -0.3 is 10.6 Å². The fourth-order valence-corrected chi connectivity index (χ4v) is 2.29. The molecule has 3 nitrogen and oxygen atoms in total. The summed E-state index contributed by atoms with van der Waals surface area (Å²) in [5, 5.41) is 0. The second-order valence-corrected chi connectivity index (χ2v) is 4.50. The molecule has 0 radical (unpaired) electrons. The van der Waals surface area contributed by atoms with Crippen LogP contribution in [0.15, 0.2) is 30.3 Å². The Morgan fingerprint density at radius 3 is 2.56 bits per heavy atom. The van der Waals surface area contributed by atoms with Crippen LogP contribution in [-0.2, 0) is 4.79 Å². The molecule has 16 heavy (non-hydrogen) atoms. The molecule has 1 aliphatic carbocycles. The number of hydrogen-bond acceptors (Lipinski definition) is 2. The van der Waals surface area contributed by atoms with Crippen molar-refractivity contribution in [3.05, 3.63) is 30.3 Å². The summed E-state index contributed by atoms with van der Waals surface area (Å²) in [6.45, 7) is 0. The van der Waals surface area contributed by atoms with Crippen molar-refractivity contribution in [3.63, 3.8) is 0 Å². The molecule has 1 aliphatic rings. The molecule has 0 aromatic heterocycles. The van der Waals surface area contributed by atoms with E-state index in [1.165, 1.54) is 0 Å². The molecule has 0 aliphatic heterocycles. The first-order valence-electron chi connectivity index (χ1n) is 5.76. The van der Waals surface area contributed by atoms with Crippen LogP contribution in [0.25, 0.3) is 0 Å². The van der Waals surface area contributed by atoms with Gasteiger partial charge in [0.25, 0.3) is 0 Å². The van der Waals surface area contributed by atoms with Gasteiger partial charge in [0, 0.05) is 24.7 Å². The third-order valence-corrected chi connectivity index (χ3v) is 3.30. The van der Waals surface area contributed by atoms with Gasteiger partial charge in [-0.2, -0.15) is 0 Å². The number of hydrogen-bond donors (Lipinski definition) is 1. The molecule has 86 valence electrons. The van der Waals surface area contributed by atoms with Gasteiger partial charge in [0.1, 0.15) is 0 Å². The number of amides is 1. The van der Waals surface area contributed by atoms with Gasteiger partial charge in [0.05, 0.1) is 0 Å². The normalized spacial score (nSPS) is 24.4. The second-order valence-electron chi connectivity index (χ2n) is 4.50. The van der Waals surface area contributed by atoms with Crippen LogP contribution in [0.3, 0.4) is 0 Å². The van der Waals surface area contributed by atoms with Crippen LogP contribution in [0.1, 0.15) is 19.3 Å². The van der Waals surface area contributed by atoms with Gasteiger partial charge in [-0.3, -0.25) is 4.79 Å². The first kappa shape index (κ1) is 11.1. The Balaban J connectivity index is 2.05. The monoisotopic (exact) mass is 218 g/mol. The molecule has 1 saturated carbocycles. The highest BCUT2D eigenvalue weighted by Gasteiger charge is 2.30. The fraction of sp³-hybridized carbons (Fsp3) is 0.462. The molecule has 1 amide bonds. The Kier molecular flexibility index (Phi) is 3.25. The predicted octanol–water partition coefficient (Wildman–Crippen LogP) is 1.78. The first-order valence-corrected chi connectivity index (χ1v) is 5.76. The Labute approximate surface area is 96.2 Å². The van der Waals surface area contributed by atoms with E-state index in [-0.39, 0.29) is 17.9 Å². The SMILES string of the molecule is CN(C(=O)C1CCC(N)C1)c1ccccc1. The van der Waals surface area contributed by atoms with E-state index in [0.717, 1.165) is 24.9 Å². The van der Waals surface area contributed by atoms with E-state index in [2.05, 4.69) is 0 Å². The van der Waals surface area contributed by atoms with Crippen molar-refractivity contribution in [1.29, 1.82) is 0 Å². The van der Waals surface area contributed by atoms with Gasteiger partial charge in [-0.25, -0.2) is 0 Å². The minimum atomic E-state index is 0.111. The fourth-order valence-electron chi connectivity index (χ4n) is 2.29. The molecule has 0 saturated heterocycles. The zero-order chi connectivity index (χ0) is 11.5. The highest BCUT2D eigenvalue weighted by Crippen LogP contribution is 2.27. The third-order valence-electron chi connectivity index (χ3n) is 3.30. The second kappa shape index (κ2) is 4.66. The van der Waals surface area contributed by atoms with Crippen molar-refractivity contribution in [2.24, 2.45) is 11.7 Å². The van der Waals surface area contributed by atoms with Crippen LogP contribution in [0.2, 0.25) is 0 Å². The van der Waals surface area contributed by atoms with Gasteiger partial charge in [-0.1, -0.05) is 18.2 Å². The van der Waals surface area contributed by atoms with Crippen molar-refractivity contribution in [1.82, 2.24) is 0 Å². The zero-order valence-corrected chi connectivity index (χ0v) is 9.60. The van der Waals surface area contributed by atoms with Crippen molar-refractivity contribution in [2.45, 2.75) is 25.3 Å². The zero-order valence-electron chi connectivity index (χ0n) is 9.60. The van der Waals surface area contributed by atoms with Gasteiger partial charge >= 0.3 is 0 Å². The Morgan fingerprint density at radius 1 is 1.31 bits per heavy atom. The van der Waals surface area contributed by atoms with E-state index in [0.29, 0.717) is 0 Å². The highest BCUT2D eigenvalue weighted by atomic mass is 16.2. The average molecular weight is 218 g/mol. The maximum atomic E-state index is 12.2. The minimum absolute atomic E-state index is 0.111. The standard InChI is InChI=1S/C13H18N2O/c1-15(12-5-3-2-4-6-12)13(16)10-7-8-11(14)9-10/h2-6,10-11H,7-9,14H2,1H3. The van der Waals surface area contributed by atoms with E-state index in [1.54, 1.807) is 4.90 Å². The molecule has 2 atom stereocenters. The molecule has 2 unspecified atom stereocenters. The number of carbonyl (C=O) groups excluding carboxylic acids is 1. The van der Waals surface area contributed by atoms with Crippen molar-refractivity contribution in [3.8, 4) is 0 Å². The van der Waals surface area contributed by atoms with Gasteiger partial charge in [-0.15, -0.1) is 0 Å². The molecule has 0 heterocycles. The molecule has 0 spiro atoms. The summed E-state index contributed by atoms with van der Waals surface area (Å²) in [6.07, 6.45) is 2.73. The number of nitrogens with zero attached hydrogens (tertiary/aromatic N) is 1. The molecule has 0 bridgehead atoms. The van der Waals surface area contributed by atoms with Gasteiger partial charge in [-0.05, 0) is 31.4 Å². The Hall–Kier alpha value is -1.35. The van der Waals surface area contributed by atoms with Crippen molar-refractivity contribution < 1.29 is 4.79 Å². The maximum absolute atomic E-state index is 12.2. The number of para-hydroxylation sites is 1. The Bertz CT molecular complexity index is 363. The molecular weight excluding hydrogens is 200 g/mol. The van der Waals surface area contributed by atoms with Crippen LogP contribution < -0.4 is 10.6 Å². The molecule has 1 fully saturated rings. The lowest BCUT2D eigenvalue weighted by Crippen LogP contribution is -2.32. The first-order chi connectivity index (χ1) is 7.68. The van der Waals surface area contributed by atoms with Crippen LogP contribution in [0.4, 0.5) is 5.69 Å². The number of nitrogens with two attached hydrogens (primary N) is 1. The topological polar surface area (TPSA) is 46.3 Å². The number of benzene rings is 1. The van der Waals surface area contributed by atoms with Crippen LogP contribution in [0.5, 0.6) is 0 Å². The summed E-state index contributed by atoms with van der Waals surface area (Å²) in [7, 11) is 1.83. The van der Waals surface area contributed by atoms with E-state index in [4.69, 9.17) is 5.73 Å². The molecule has 2 N–H and O–H groups in total. The third kappa shape index (κ3) is 2.25. The predicted molar refractivity (Wildman–Crippen MR) is 65.2 cm³/mol. The smallest absolute Gasteiger partial charge is 0.229 e. The van der Waals surface area contributed by atoms with Crippen molar-refractivity contribution in [2.75, 3.05) is 11.9 Å². The molecular formula is C13H18N2O. The minimum Gasteiger partial charge on any atom is -0.328 e. The largest absolute Gasteiger partial charge is 0.328 e. The summed E-state index contributed by atoms with van der Waals surface area (Å²) in [4.78, 5) is 13.9. The molecule has 2 rings (SSSR count). The van der Waals surface area contributed by atoms with Gasteiger partial charge in [0.2, 0.25) is 5.91 Å². The lowest BCUT2D eigenvalue weighted by atomic mass is 10.1. The molecule has 1 aromatic carbocycles. The number of rotatable bonds is 2. The summed E-state index contributed by atoms with van der Waals surface area (Å²) < 4.78 is 0. The molecule has 3 heteroatoms. The van der Waals surface area contributed by atoms with E-state index >= 15 is 0 Å². The summed E-state index contributed by atoms with van der Waals surface area (Å²) in [6, 6.07) is 9.95. The lowest BCUT2D eigenvalue weighted by molar-refractivity contribution is -0.121. The Morgan fingerprint density at radius 2 is 2.00 bits per heavy atom. The van der Waals surface area contributed by atoms with Crippen LogP contribution >= 0.6 is 0 Å². The highest BCUT2D eigenvalue weighted by molar-refractivity contribution is 5.94. The van der Waals surface area contributed by atoms with E-state index in [1.807, 2.05) is 37.4 Å². The number of carbonyl (C=O) groups is 1. The van der Waals surface area contributed by atoms with Crippen LogP contribution in [0, 0.1) is 5.92 Å². The van der Waals surface area contributed by atoms with E-state index < -0.39 is 0 Å².